The van der Waals surface area contributed by atoms with Crippen molar-refractivity contribution in [1.82, 2.24) is 14.1 Å². The molecule has 2 aliphatic heterocycles. The highest BCUT2D eigenvalue weighted by molar-refractivity contribution is 7.89. The van der Waals surface area contributed by atoms with Gasteiger partial charge in [-0.25, -0.2) is 8.42 Å². The summed E-state index contributed by atoms with van der Waals surface area (Å²) >= 11 is 0. The lowest BCUT2D eigenvalue weighted by atomic mass is 10.1. The molecule has 2 heterocycles. The molecule has 0 N–H and O–H groups in total. The van der Waals surface area contributed by atoms with Gasteiger partial charge in [0.25, 0.3) is 0 Å². The third-order valence-electron chi connectivity index (χ3n) is 6.61. The molecule has 2 saturated heterocycles. The second kappa shape index (κ2) is 9.67. The topological polar surface area (TPSA) is 60.9 Å². The van der Waals surface area contributed by atoms with Crippen LogP contribution in [0.3, 0.4) is 0 Å². The molecule has 2 aromatic rings. The standard InChI is InChI=1S/C24H28F3N3O3S/c1-18-7-2-3-8-19(18)17-28-13-15-29(16-14-28)23(31)21-10-6-12-30(21)34(32,33)22-11-5-4-9-20(22)24(25,26)27/h2-5,7-9,11,21H,6,10,12-17H2,1H3/t21-/m0/s1. The number of aryl methyl sites for hydroxylation is 1. The average molecular weight is 496 g/mol. The monoisotopic (exact) mass is 495 g/mol. The smallest absolute Gasteiger partial charge is 0.339 e. The Labute approximate surface area is 198 Å². The van der Waals surface area contributed by atoms with Crippen LogP contribution in [0, 0.1) is 6.92 Å². The predicted molar refractivity (Wildman–Crippen MR) is 121 cm³/mol. The van der Waals surface area contributed by atoms with E-state index in [4.69, 9.17) is 0 Å². The van der Waals surface area contributed by atoms with Crippen molar-refractivity contribution in [2.45, 2.75) is 43.4 Å². The second-order valence-corrected chi connectivity index (χ2v) is 10.7. The van der Waals surface area contributed by atoms with Gasteiger partial charge in [-0.05, 0) is 43.0 Å². The minimum Gasteiger partial charge on any atom is -0.339 e. The Morgan fingerprint density at radius 3 is 2.29 bits per heavy atom. The van der Waals surface area contributed by atoms with Gasteiger partial charge in [-0.3, -0.25) is 9.69 Å². The number of carbonyl (C=O) groups excluding carboxylic acids is 1. The average Bonchev–Trinajstić information content (AvgIpc) is 3.31. The Bertz CT molecular complexity index is 1150. The van der Waals surface area contributed by atoms with E-state index in [0.29, 0.717) is 39.0 Å². The molecule has 1 amide bonds. The van der Waals surface area contributed by atoms with Crippen molar-refractivity contribution in [2.24, 2.45) is 0 Å². The molecule has 184 valence electrons. The first-order valence-electron chi connectivity index (χ1n) is 11.3. The fraction of sp³-hybridized carbons (Fsp3) is 0.458. The van der Waals surface area contributed by atoms with Crippen molar-refractivity contribution in [2.75, 3.05) is 32.7 Å². The molecule has 2 aliphatic rings. The van der Waals surface area contributed by atoms with Crippen LogP contribution in [-0.4, -0.2) is 67.2 Å². The van der Waals surface area contributed by atoms with E-state index in [2.05, 4.69) is 24.0 Å². The maximum Gasteiger partial charge on any atom is 0.417 e. The van der Waals surface area contributed by atoms with Crippen LogP contribution < -0.4 is 0 Å². The first kappa shape index (κ1) is 24.7. The highest BCUT2D eigenvalue weighted by Gasteiger charge is 2.45. The van der Waals surface area contributed by atoms with Gasteiger partial charge in [0.05, 0.1) is 10.5 Å². The van der Waals surface area contributed by atoms with Crippen LogP contribution in [0.15, 0.2) is 53.4 Å². The van der Waals surface area contributed by atoms with E-state index in [9.17, 15) is 26.4 Å². The summed E-state index contributed by atoms with van der Waals surface area (Å²) < 4.78 is 67.8. The summed E-state index contributed by atoms with van der Waals surface area (Å²) in [5.41, 5.74) is 1.21. The fourth-order valence-electron chi connectivity index (χ4n) is 4.69. The zero-order chi connectivity index (χ0) is 24.5. The first-order valence-corrected chi connectivity index (χ1v) is 12.8. The summed E-state index contributed by atoms with van der Waals surface area (Å²) in [5.74, 6) is -0.332. The van der Waals surface area contributed by atoms with E-state index in [0.717, 1.165) is 29.0 Å². The van der Waals surface area contributed by atoms with Gasteiger partial charge in [0, 0.05) is 39.3 Å². The Hall–Kier alpha value is -2.43. The van der Waals surface area contributed by atoms with Crippen LogP contribution in [-0.2, 0) is 27.5 Å². The summed E-state index contributed by atoms with van der Waals surface area (Å²) in [6, 6.07) is 11.3. The molecule has 0 saturated carbocycles. The van der Waals surface area contributed by atoms with Crippen molar-refractivity contribution in [3.63, 3.8) is 0 Å². The van der Waals surface area contributed by atoms with Gasteiger partial charge in [-0.15, -0.1) is 0 Å². The molecular weight excluding hydrogens is 467 g/mol. The van der Waals surface area contributed by atoms with Crippen LogP contribution in [0.25, 0.3) is 0 Å². The van der Waals surface area contributed by atoms with Crippen LogP contribution in [0.1, 0.15) is 29.5 Å². The molecule has 2 fully saturated rings. The lowest BCUT2D eigenvalue weighted by Gasteiger charge is -2.37. The van der Waals surface area contributed by atoms with E-state index >= 15 is 0 Å². The number of hydrogen-bond acceptors (Lipinski definition) is 4. The molecule has 0 aliphatic carbocycles. The van der Waals surface area contributed by atoms with E-state index < -0.39 is 32.7 Å². The number of carbonyl (C=O) groups is 1. The first-order chi connectivity index (χ1) is 16.1. The molecule has 0 spiro atoms. The van der Waals surface area contributed by atoms with Crippen LogP contribution >= 0.6 is 0 Å². The molecule has 0 unspecified atom stereocenters. The Balaban J connectivity index is 1.46. The minimum absolute atomic E-state index is 0.0260. The van der Waals surface area contributed by atoms with E-state index in [-0.39, 0.29) is 12.5 Å². The van der Waals surface area contributed by atoms with Gasteiger partial charge < -0.3 is 4.90 Å². The van der Waals surface area contributed by atoms with Crippen molar-refractivity contribution in [3.8, 4) is 0 Å². The summed E-state index contributed by atoms with van der Waals surface area (Å²) in [6.07, 6.45) is -4.08. The summed E-state index contributed by atoms with van der Waals surface area (Å²) in [6.45, 7) is 5.06. The van der Waals surface area contributed by atoms with E-state index in [1.54, 1.807) is 4.90 Å². The van der Waals surface area contributed by atoms with Gasteiger partial charge in [0.1, 0.15) is 6.04 Å². The molecule has 0 aromatic heterocycles. The number of benzene rings is 2. The number of hydrogen-bond donors (Lipinski definition) is 0. The second-order valence-electron chi connectivity index (χ2n) is 8.80. The highest BCUT2D eigenvalue weighted by Crippen LogP contribution is 2.37. The largest absolute Gasteiger partial charge is 0.417 e. The number of nitrogens with zero attached hydrogens (tertiary/aromatic N) is 3. The van der Waals surface area contributed by atoms with Gasteiger partial charge in [-0.2, -0.15) is 17.5 Å². The maximum atomic E-state index is 13.5. The van der Waals surface area contributed by atoms with E-state index in [1.165, 1.54) is 17.2 Å². The van der Waals surface area contributed by atoms with E-state index in [1.807, 2.05) is 12.1 Å². The Kier molecular flexibility index (Phi) is 7.02. The summed E-state index contributed by atoms with van der Waals surface area (Å²) in [7, 11) is -4.49. The Morgan fingerprint density at radius 2 is 1.62 bits per heavy atom. The molecule has 4 rings (SSSR count). The fourth-order valence-corrected chi connectivity index (χ4v) is 6.56. The zero-order valence-electron chi connectivity index (χ0n) is 19.0. The quantitative estimate of drug-likeness (QED) is 0.637. The molecule has 34 heavy (non-hydrogen) atoms. The molecule has 2 aromatic carbocycles. The third-order valence-corrected chi connectivity index (χ3v) is 8.57. The van der Waals surface area contributed by atoms with Gasteiger partial charge in [0.2, 0.25) is 15.9 Å². The summed E-state index contributed by atoms with van der Waals surface area (Å²) in [4.78, 5) is 16.4. The van der Waals surface area contributed by atoms with Gasteiger partial charge >= 0.3 is 6.18 Å². The zero-order valence-corrected chi connectivity index (χ0v) is 19.8. The number of amides is 1. The molecule has 10 heteroatoms. The molecule has 6 nitrogen and oxygen atoms in total. The van der Waals surface area contributed by atoms with Crippen LogP contribution in [0.2, 0.25) is 0 Å². The van der Waals surface area contributed by atoms with Gasteiger partial charge in [-0.1, -0.05) is 36.4 Å². The number of piperazine rings is 1. The highest BCUT2D eigenvalue weighted by atomic mass is 32.2. The van der Waals surface area contributed by atoms with Crippen molar-refractivity contribution < 1.29 is 26.4 Å². The minimum atomic E-state index is -4.81. The summed E-state index contributed by atoms with van der Waals surface area (Å²) in [5, 5.41) is 0. The van der Waals surface area contributed by atoms with Crippen LogP contribution in [0.4, 0.5) is 13.2 Å². The van der Waals surface area contributed by atoms with Crippen molar-refractivity contribution >= 4 is 15.9 Å². The molecule has 0 bridgehead atoms. The number of halogens is 3. The third kappa shape index (κ3) is 4.99. The normalized spacial score (nSPS) is 20.6. The predicted octanol–water partition coefficient (Wildman–Crippen LogP) is 3.51. The lowest BCUT2D eigenvalue weighted by Crippen LogP contribution is -2.54. The molecule has 0 radical (unpaired) electrons. The molecule has 1 atom stereocenters. The molecular formula is C24H28F3N3O3S. The van der Waals surface area contributed by atoms with Gasteiger partial charge in [0.15, 0.2) is 0 Å². The van der Waals surface area contributed by atoms with Crippen LogP contribution in [0.5, 0.6) is 0 Å². The number of alkyl halides is 3. The Morgan fingerprint density at radius 1 is 0.971 bits per heavy atom. The van der Waals surface area contributed by atoms with Crippen molar-refractivity contribution in [3.05, 3.63) is 65.2 Å². The maximum absolute atomic E-state index is 13.5. The SMILES string of the molecule is Cc1ccccc1CN1CCN(C(=O)[C@@H]2CCCN2S(=O)(=O)c2ccccc2C(F)(F)F)CC1. The number of rotatable bonds is 5. The number of sulfonamides is 1. The van der Waals surface area contributed by atoms with Crippen molar-refractivity contribution in [1.29, 1.82) is 0 Å². The lowest BCUT2D eigenvalue weighted by molar-refractivity contribution is -0.139.